The first-order valence-corrected chi connectivity index (χ1v) is 21.9. The molecular formula is C52H52F2N6O2. The van der Waals surface area contributed by atoms with Crippen molar-refractivity contribution in [3.05, 3.63) is 154 Å². The SMILES string of the molecule is CC[C@@H](NC(=O)c1ccc(C#N)cc1)C1CCC(c2ccnc3ccc(F)cc23)CC1.CC[C@H](NC(=O)c1ccc(C#N)cc1)C1CCC(c2ccnc3ccc(F)cc23)CC1. The van der Waals surface area contributed by atoms with Gasteiger partial charge in [-0.2, -0.15) is 10.5 Å². The Kier molecular flexibility index (Phi) is 14.3. The fourth-order valence-electron chi connectivity index (χ4n) is 9.66. The number of hydrogen-bond acceptors (Lipinski definition) is 6. The number of benzene rings is 4. The zero-order chi connectivity index (χ0) is 43.6. The number of nitrogens with zero attached hydrogens (tertiary/aromatic N) is 4. The second-order valence-electron chi connectivity index (χ2n) is 16.7. The lowest BCUT2D eigenvalue weighted by Gasteiger charge is -2.34. The van der Waals surface area contributed by atoms with E-state index in [-0.39, 0.29) is 35.5 Å². The van der Waals surface area contributed by atoms with Crippen LogP contribution >= 0.6 is 0 Å². The summed E-state index contributed by atoms with van der Waals surface area (Å²) in [6.45, 7) is 4.21. The third-order valence-corrected chi connectivity index (χ3v) is 13.1. The maximum Gasteiger partial charge on any atom is 0.251 e. The third-order valence-electron chi connectivity index (χ3n) is 13.1. The molecule has 316 valence electrons. The van der Waals surface area contributed by atoms with Crippen LogP contribution in [-0.2, 0) is 0 Å². The first-order chi connectivity index (χ1) is 30.2. The summed E-state index contributed by atoms with van der Waals surface area (Å²) in [5.74, 6) is 0.981. The molecule has 2 fully saturated rings. The summed E-state index contributed by atoms with van der Waals surface area (Å²) in [5.41, 5.74) is 6.28. The van der Waals surface area contributed by atoms with Crippen molar-refractivity contribution in [2.45, 2.75) is 102 Å². The molecule has 2 amide bonds. The summed E-state index contributed by atoms with van der Waals surface area (Å²) in [5, 5.41) is 26.1. The number of carbonyl (C=O) groups is 2. The van der Waals surface area contributed by atoms with Gasteiger partial charge < -0.3 is 10.6 Å². The molecule has 10 heteroatoms. The number of rotatable bonds is 10. The molecule has 6 aromatic rings. The normalized spacial score (nSPS) is 19.5. The molecule has 4 aromatic carbocycles. The summed E-state index contributed by atoms with van der Waals surface area (Å²) in [6.07, 6.45) is 13.5. The van der Waals surface area contributed by atoms with Crippen LogP contribution in [0, 0.1) is 46.1 Å². The van der Waals surface area contributed by atoms with Crippen molar-refractivity contribution in [1.29, 1.82) is 10.5 Å². The maximum absolute atomic E-state index is 13.8. The average Bonchev–Trinajstić information content (AvgIpc) is 3.32. The van der Waals surface area contributed by atoms with E-state index in [0.29, 0.717) is 45.9 Å². The Morgan fingerprint density at radius 3 is 1.29 bits per heavy atom. The number of hydrogen-bond donors (Lipinski definition) is 2. The Morgan fingerprint density at radius 1 is 0.581 bits per heavy atom. The molecule has 0 bridgehead atoms. The molecule has 2 heterocycles. The van der Waals surface area contributed by atoms with Crippen molar-refractivity contribution >= 4 is 33.6 Å². The standard InChI is InChI=1S/2C26H26FN3O/c2*1-2-24(30-26(31)20-5-3-17(16-28)4-6-20)19-9-7-18(8-10-19)22-13-14-29-25-12-11-21(27)15-23(22)25/h2*3-6,11-15,18-19,24H,2,7-10H2,1H3,(H,30,31)/t2*18?,19?,24-/m10/s1. The van der Waals surface area contributed by atoms with Crippen LogP contribution < -0.4 is 10.6 Å². The first kappa shape index (κ1) is 43.6. The smallest absolute Gasteiger partial charge is 0.251 e. The zero-order valence-electron chi connectivity index (χ0n) is 35.3. The van der Waals surface area contributed by atoms with Crippen LogP contribution in [-0.4, -0.2) is 33.9 Å². The molecule has 8 nitrogen and oxygen atoms in total. The molecule has 2 saturated carbocycles. The highest BCUT2D eigenvalue weighted by Crippen LogP contribution is 2.41. The molecule has 2 aliphatic carbocycles. The average molecular weight is 831 g/mol. The van der Waals surface area contributed by atoms with Crippen molar-refractivity contribution in [3.63, 3.8) is 0 Å². The number of halogens is 2. The molecule has 2 aliphatic rings. The van der Waals surface area contributed by atoms with E-state index in [4.69, 9.17) is 10.5 Å². The third kappa shape index (κ3) is 10.3. The molecule has 8 rings (SSSR count). The Morgan fingerprint density at radius 2 is 0.952 bits per heavy atom. The van der Waals surface area contributed by atoms with Gasteiger partial charge in [0.25, 0.3) is 11.8 Å². The number of fused-ring (bicyclic) bond motifs is 2. The van der Waals surface area contributed by atoms with Gasteiger partial charge in [-0.15, -0.1) is 0 Å². The van der Waals surface area contributed by atoms with Gasteiger partial charge in [-0.1, -0.05) is 13.8 Å². The molecule has 0 spiro atoms. The van der Waals surface area contributed by atoms with Gasteiger partial charge in [0.2, 0.25) is 0 Å². The van der Waals surface area contributed by atoms with Crippen molar-refractivity contribution in [3.8, 4) is 12.1 Å². The second kappa shape index (κ2) is 20.4. The van der Waals surface area contributed by atoms with E-state index in [1.807, 2.05) is 24.5 Å². The van der Waals surface area contributed by atoms with Crippen LogP contribution in [0.3, 0.4) is 0 Å². The van der Waals surface area contributed by atoms with E-state index in [9.17, 15) is 18.4 Å². The van der Waals surface area contributed by atoms with Crippen molar-refractivity contribution in [2.75, 3.05) is 0 Å². The highest BCUT2D eigenvalue weighted by atomic mass is 19.1. The quantitative estimate of drug-likeness (QED) is 0.141. The fourth-order valence-corrected chi connectivity index (χ4v) is 9.66. The summed E-state index contributed by atoms with van der Waals surface area (Å²) < 4.78 is 27.6. The first-order valence-electron chi connectivity index (χ1n) is 21.9. The minimum absolute atomic E-state index is 0.0888. The summed E-state index contributed by atoms with van der Waals surface area (Å²) in [6, 6.07) is 31.5. The van der Waals surface area contributed by atoms with Gasteiger partial charge in [0, 0.05) is 46.4 Å². The molecule has 0 aliphatic heterocycles. The van der Waals surface area contributed by atoms with Gasteiger partial charge in [0.1, 0.15) is 11.6 Å². The second-order valence-corrected chi connectivity index (χ2v) is 16.7. The van der Waals surface area contributed by atoms with E-state index in [2.05, 4.69) is 46.6 Å². The molecule has 0 radical (unpaired) electrons. The molecule has 2 N–H and O–H groups in total. The van der Waals surface area contributed by atoms with Gasteiger partial charge in [-0.25, -0.2) is 8.78 Å². The van der Waals surface area contributed by atoms with E-state index in [0.717, 1.165) is 86.0 Å². The van der Waals surface area contributed by atoms with E-state index >= 15 is 0 Å². The Labute approximate surface area is 362 Å². The molecule has 62 heavy (non-hydrogen) atoms. The number of carbonyl (C=O) groups excluding carboxylic acids is 2. The predicted molar refractivity (Wildman–Crippen MR) is 238 cm³/mol. The molecule has 2 aromatic heterocycles. The maximum atomic E-state index is 13.8. The van der Waals surface area contributed by atoms with Crippen LogP contribution in [0.1, 0.15) is 133 Å². The van der Waals surface area contributed by atoms with Crippen LogP contribution in [0.15, 0.2) is 109 Å². The Hall–Kier alpha value is -6.52. The minimum Gasteiger partial charge on any atom is -0.349 e. The van der Waals surface area contributed by atoms with Crippen molar-refractivity contribution in [2.24, 2.45) is 11.8 Å². The minimum atomic E-state index is -0.230. The molecule has 2 atom stereocenters. The van der Waals surface area contributed by atoms with Crippen LogP contribution in [0.25, 0.3) is 21.8 Å². The Balaban J connectivity index is 0.000000186. The highest BCUT2D eigenvalue weighted by Gasteiger charge is 2.31. The summed E-state index contributed by atoms with van der Waals surface area (Å²) in [4.78, 5) is 34.1. The number of nitriles is 2. The van der Waals surface area contributed by atoms with E-state index < -0.39 is 0 Å². The van der Waals surface area contributed by atoms with E-state index in [1.165, 1.54) is 23.3 Å². The summed E-state index contributed by atoms with van der Waals surface area (Å²) in [7, 11) is 0. The predicted octanol–water partition coefficient (Wildman–Crippen LogP) is 11.5. The molecular weight excluding hydrogens is 779 g/mol. The van der Waals surface area contributed by atoms with Gasteiger partial charge in [-0.3, -0.25) is 19.6 Å². The number of nitrogens with one attached hydrogen (secondary N) is 2. The lowest BCUT2D eigenvalue weighted by molar-refractivity contribution is 0.0901. The topological polar surface area (TPSA) is 132 Å². The number of amides is 2. The van der Waals surface area contributed by atoms with Crippen molar-refractivity contribution in [1.82, 2.24) is 20.6 Å². The van der Waals surface area contributed by atoms with Crippen LogP contribution in [0.2, 0.25) is 0 Å². The van der Waals surface area contributed by atoms with Gasteiger partial charge in [-0.05, 0) is 196 Å². The number of aromatic nitrogens is 2. The van der Waals surface area contributed by atoms with Crippen LogP contribution in [0.4, 0.5) is 8.78 Å². The molecule has 0 unspecified atom stereocenters. The van der Waals surface area contributed by atoms with Crippen LogP contribution in [0.5, 0.6) is 0 Å². The highest BCUT2D eigenvalue weighted by molar-refractivity contribution is 5.95. The van der Waals surface area contributed by atoms with Crippen molar-refractivity contribution < 1.29 is 18.4 Å². The van der Waals surface area contributed by atoms with Gasteiger partial charge in [0.05, 0.1) is 34.3 Å². The zero-order valence-corrected chi connectivity index (χ0v) is 35.3. The lowest BCUT2D eigenvalue weighted by atomic mass is 9.75. The largest absolute Gasteiger partial charge is 0.349 e. The Bertz CT molecular complexity index is 2400. The molecule has 0 saturated heterocycles. The fraction of sp³-hybridized carbons (Fsp3) is 0.346. The van der Waals surface area contributed by atoms with Gasteiger partial charge >= 0.3 is 0 Å². The lowest BCUT2D eigenvalue weighted by Crippen LogP contribution is -2.41. The number of pyridine rings is 2. The monoisotopic (exact) mass is 830 g/mol. The van der Waals surface area contributed by atoms with Gasteiger partial charge in [0.15, 0.2) is 0 Å². The van der Waals surface area contributed by atoms with E-state index in [1.54, 1.807) is 72.8 Å². The summed E-state index contributed by atoms with van der Waals surface area (Å²) >= 11 is 0.